The summed E-state index contributed by atoms with van der Waals surface area (Å²) in [5.41, 5.74) is 6.06. The average Bonchev–Trinajstić information content (AvgIpc) is 2.48. The first kappa shape index (κ1) is 14.7. The van der Waals surface area contributed by atoms with E-state index in [4.69, 9.17) is 10.5 Å². The molecule has 0 aliphatic heterocycles. The molecule has 4 heteroatoms. The molecule has 0 heterocycles. The third-order valence-corrected chi connectivity index (χ3v) is 4.46. The van der Waals surface area contributed by atoms with Crippen LogP contribution < -0.4 is 15.8 Å². The van der Waals surface area contributed by atoms with Gasteiger partial charge in [-0.05, 0) is 43.0 Å². The standard InChI is InChI=1S/C16H24N2O2/c1-3-12-6-4-5-11-16(12,15(17)19)18-13-7-9-14(20-2)10-8-13/h7-10,12,18H,3-6,11H2,1-2H3,(H2,17,19). The van der Waals surface area contributed by atoms with Gasteiger partial charge in [0.2, 0.25) is 5.91 Å². The quantitative estimate of drug-likeness (QED) is 0.869. The number of nitrogens with one attached hydrogen (secondary N) is 1. The van der Waals surface area contributed by atoms with Crippen LogP contribution in [-0.4, -0.2) is 18.6 Å². The first-order valence-corrected chi connectivity index (χ1v) is 7.34. The van der Waals surface area contributed by atoms with E-state index in [0.29, 0.717) is 5.92 Å². The number of carbonyl (C=O) groups excluding carboxylic acids is 1. The summed E-state index contributed by atoms with van der Waals surface area (Å²) >= 11 is 0. The fourth-order valence-electron chi connectivity index (χ4n) is 3.28. The Kier molecular flexibility index (Phi) is 4.53. The van der Waals surface area contributed by atoms with Crippen molar-refractivity contribution in [3.63, 3.8) is 0 Å². The number of anilines is 1. The van der Waals surface area contributed by atoms with Crippen molar-refractivity contribution in [2.75, 3.05) is 12.4 Å². The maximum absolute atomic E-state index is 12.1. The topological polar surface area (TPSA) is 64.3 Å². The molecule has 2 unspecified atom stereocenters. The van der Waals surface area contributed by atoms with Crippen LogP contribution in [0.2, 0.25) is 0 Å². The second-order valence-electron chi connectivity index (χ2n) is 5.54. The van der Waals surface area contributed by atoms with Crippen LogP contribution in [0.25, 0.3) is 0 Å². The summed E-state index contributed by atoms with van der Waals surface area (Å²) in [4.78, 5) is 12.1. The molecule has 1 aromatic carbocycles. The van der Waals surface area contributed by atoms with E-state index in [1.807, 2.05) is 24.3 Å². The zero-order valence-electron chi connectivity index (χ0n) is 12.3. The van der Waals surface area contributed by atoms with E-state index >= 15 is 0 Å². The first-order chi connectivity index (χ1) is 9.62. The van der Waals surface area contributed by atoms with Crippen molar-refractivity contribution in [3.8, 4) is 5.75 Å². The number of nitrogens with two attached hydrogens (primary N) is 1. The molecule has 1 aromatic rings. The van der Waals surface area contributed by atoms with Gasteiger partial charge in [0.15, 0.2) is 0 Å². The molecule has 1 saturated carbocycles. The van der Waals surface area contributed by atoms with Gasteiger partial charge in [0.05, 0.1) is 7.11 Å². The number of benzene rings is 1. The minimum Gasteiger partial charge on any atom is -0.497 e. The lowest BCUT2D eigenvalue weighted by Gasteiger charge is -2.42. The van der Waals surface area contributed by atoms with E-state index in [1.54, 1.807) is 7.11 Å². The van der Waals surface area contributed by atoms with Crippen LogP contribution >= 0.6 is 0 Å². The van der Waals surface area contributed by atoms with E-state index < -0.39 is 5.54 Å². The molecule has 2 rings (SSSR count). The van der Waals surface area contributed by atoms with Crippen molar-refractivity contribution in [1.82, 2.24) is 0 Å². The molecule has 4 nitrogen and oxygen atoms in total. The minimum atomic E-state index is -0.610. The van der Waals surface area contributed by atoms with Gasteiger partial charge in [-0.3, -0.25) is 4.79 Å². The summed E-state index contributed by atoms with van der Waals surface area (Å²) in [6.45, 7) is 2.13. The van der Waals surface area contributed by atoms with Crippen LogP contribution in [-0.2, 0) is 4.79 Å². The maximum Gasteiger partial charge on any atom is 0.243 e. The van der Waals surface area contributed by atoms with E-state index in [2.05, 4.69) is 12.2 Å². The normalized spacial score (nSPS) is 26.0. The molecule has 1 aliphatic rings. The zero-order chi connectivity index (χ0) is 14.6. The summed E-state index contributed by atoms with van der Waals surface area (Å²) in [5, 5.41) is 3.42. The van der Waals surface area contributed by atoms with Gasteiger partial charge >= 0.3 is 0 Å². The van der Waals surface area contributed by atoms with Gasteiger partial charge in [0.1, 0.15) is 11.3 Å². The summed E-state index contributed by atoms with van der Waals surface area (Å²) < 4.78 is 5.15. The molecule has 20 heavy (non-hydrogen) atoms. The number of hydrogen-bond acceptors (Lipinski definition) is 3. The van der Waals surface area contributed by atoms with E-state index in [1.165, 1.54) is 6.42 Å². The molecule has 110 valence electrons. The van der Waals surface area contributed by atoms with Crippen molar-refractivity contribution in [3.05, 3.63) is 24.3 Å². The Balaban J connectivity index is 2.25. The monoisotopic (exact) mass is 276 g/mol. The number of amides is 1. The van der Waals surface area contributed by atoms with Crippen molar-refractivity contribution in [2.24, 2.45) is 11.7 Å². The molecule has 0 saturated heterocycles. The summed E-state index contributed by atoms with van der Waals surface area (Å²) in [6.07, 6.45) is 5.06. The van der Waals surface area contributed by atoms with Crippen molar-refractivity contribution in [1.29, 1.82) is 0 Å². The Bertz CT molecular complexity index is 458. The molecule has 0 bridgehead atoms. The largest absolute Gasteiger partial charge is 0.497 e. The second kappa shape index (κ2) is 6.16. The Morgan fingerprint density at radius 2 is 2.10 bits per heavy atom. The zero-order valence-corrected chi connectivity index (χ0v) is 12.3. The molecule has 0 radical (unpaired) electrons. The maximum atomic E-state index is 12.1. The predicted molar refractivity (Wildman–Crippen MR) is 80.8 cm³/mol. The molecule has 0 spiro atoms. The van der Waals surface area contributed by atoms with E-state index in [9.17, 15) is 4.79 Å². The predicted octanol–water partition coefficient (Wildman–Crippen LogP) is 2.93. The van der Waals surface area contributed by atoms with Crippen LogP contribution in [0.5, 0.6) is 5.75 Å². The highest BCUT2D eigenvalue weighted by atomic mass is 16.5. The lowest BCUT2D eigenvalue weighted by atomic mass is 9.70. The number of rotatable bonds is 5. The Morgan fingerprint density at radius 1 is 1.40 bits per heavy atom. The first-order valence-electron chi connectivity index (χ1n) is 7.34. The highest BCUT2D eigenvalue weighted by Crippen LogP contribution is 2.38. The lowest BCUT2D eigenvalue weighted by molar-refractivity contribution is -0.125. The van der Waals surface area contributed by atoms with E-state index in [0.717, 1.165) is 37.1 Å². The fourth-order valence-corrected chi connectivity index (χ4v) is 3.28. The summed E-state index contributed by atoms with van der Waals surface area (Å²) in [5.74, 6) is 0.870. The van der Waals surface area contributed by atoms with Gasteiger partial charge in [-0.1, -0.05) is 26.2 Å². The molecular weight excluding hydrogens is 252 g/mol. The van der Waals surface area contributed by atoms with Gasteiger partial charge in [0, 0.05) is 5.69 Å². The van der Waals surface area contributed by atoms with Crippen LogP contribution in [0.15, 0.2) is 24.3 Å². The van der Waals surface area contributed by atoms with Gasteiger partial charge in [-0.25, -0.2) is 0 Å². The van der Waals surface area contributed by atoms with Gasteiger partial charge in [-0.2, -0.15) is 0 Å². The van der Waals surface area contributed by atoms with Gasteiger partial charge in [-0.15, -0.1) is 0 Å². The lowest BCUT2D eigenvalue weighted by Crippen LogP contribution is -2.57. The third kappa shape index (κ3) is 2.74. The fraction of sp³-hybridized carbons (Fsp3) is 0.562. The molecule has 1 fully saturated rings. The van der Waals surface area contributed by atoms with Crippen LogP contribution in [0, 0.1) is 5.92 Å². The highest BCUT2D eigenvalue weighted by molar-refractivity contribution is 5.88. The third-order valence-electron chi connectivity index (χ3n) is 4.46. The smallest absolute Gasteiger partial charge is 0.243 e. The SMILES string of the molecule is CCC1CCCCC1(Nc1ccc(OC)cc1)C(N)=O. The molecule has 2 atom stereocenters. The highest BCUT2D eigenvalue weighted by Gasteiger charge is 2.44. The Labute approximate surface area is 120 Å². The van der Waals surface area contributed by atoms with Crippen molar-refractivity contribution in [2.45, 2.75) is 44.6 Å². The number of carbonyl (C=O) groups is 1. The average molecular weight is 276 g/mol. The van der Waals surface area contributed by atoms with E-state index in [-0.39, 0.29) is 5.91 Å². The minimum absolute atomic E-state index is 0.236. The molecule has 1 amide bonds. The van der Waals surface area contributed by atoms with Gasteiger partial charge in [0.25, 0.3) is 0 Å². The second-order valence-corrected chi connectivity index (χ2v) is 5.54. The molecular formula is C16H24N2O2. The molecule has 1 aliphatic carbocycles. The summed E-state index contributed by atoms with van der Waals surface area (Å²) in [6, 6.07) is 7.65. The number of ether oxygens (including phenoxy) is 1. The Hall–Kier alpha value is -1.71. The van der Waals surface area contributed by atoms with Crippen LogP contribution in [0.3, 0.4) is 0 Å². The van der Waals surface area contributed by atoms with Crippen LogP contribution in [0.4, 0.5) is 5.69 Å². The molecule has 3 N–H and O–H groups in total. The van der Waals surface area contributed by atoms with Crippen molar-refractivity contribution >= 4 is 11.6 Å². The number of primary amides is 1. The van der Waals surface area contributed by atoms with Crippen molar-refractivity contribution < 1.29 is 9.53 Å². The summed E-state index contributed by atoms with van der Waals surface area (Å²) in [7, 11) is 1.64. The number of methoxy groups -OCH3 is 1. The Morgan fingerprint density at radius 3 is 2.65 bits per heavy atom. The van der Waals surface area contributed by atoms with Crippen LogP contribution in [0.1, 0.15) is 39.0 Å². The molecule has 0 aromatic heterocycles. The number of hydrogen-bond donors (Lipinski definition) is 2. The van der Waals surface area contributed by atoms with Gasteiger partial charge < -0.3 is 15.8 Å².